The molecule has 0 radical (unpaired) electrons. The maximum absolute atomic E-state index is 12.4. The fourth-order valence-corrected chi connectivity index (χ4v) is 2.77. The van der Waals surface area contributed by atoms with Crippen LogP contribution in [0, 0.1) is 3.57 Å². The fraction of sp³-hybridized carbons (Fsp3) is 0.278. The summed E-state index contributed by atoms with van der Waals surface area (Å²) < 4.78 is 12.4. The highest BCUT2D eigenvalue weighted by Crippen LogP contribution is 2.21. The van der Waals surface area contributed by atoms with E-state index in [0.717, 1.165) is 35.2 Å². The third-order valence-electron chi connectivity index (χ3n) is 3.63. The Labute approximate surface area is 143 Å². The SMILES string of the molecule is O=C(c1ccc(I)cc1)c1ccc(OC2CCCCO2)cc1. The largest absolute Gasteiger partial charge is 0.465 e. The van der Waals surface area contributed by atoms with E-state index in [1.165, 1.54) is 0 Å². The third kappa shape index (κ3) is 3.87. The molecule has 1 atom stereocenters. The maximum atomic E-state index is 12.4. The number of carbonyl (C=O) groups is 1. The van der Waals surface area contributed by atoms with E-state index in [2.05, 4.69) is 22.6 Å². The number of benzene rings is 2. The van der Waals surface area contributed by atoms with Gasteiger partial charge in [0.1, 0.15) is 5.75 Å². The lowest BCUT2D eigenvalue weighted by Crippen LogP contribution is -2.24. The molecule has 22 heavy (non-hydrogen) atoms. The van der Waals surface area contributed by atoms with E-state index in [4.69, 9.17) is 9.47 Å². The molecule has 1 unspecified atom stereocenters. The van der Waals surface area contributed by atoms with Gasteiger partial charge in [-0.15, -0.1) is 0 Å². The molecule has 2 aromatic carbocycles. The van der Waals surface area contributed by atoms with Gasteiger partial charge in [0.2, 0.25) is 0 Å². The van der Waals surface area contributed by atoms with Crippen molar-refractivity contribution < 1.29 is 14.3 Å². The lowest BCUT2D eigenvalue weighted by molar-refractivity contribution is -0.105. The van der Waals surface area contributed by atoms with Gasteiger partial charge in [-0.2, -0.15) is 0 Å². The Kier molecular flexibility index (Phi) is 5.10. The number of rotatable bonds is 4. The van der Waals surface area contributed by atoms with E-state index >= 15 is 0 Å². The Morgan fingerprint density at radius 2 is 1.64 bits per heavy atom. The molecule has 0 bridgehead atoms. The smallest absolute Gasteiger partial charge is 0.199 e. The van der Waals surface area contributed by atoms with Crippen LogP contribution in [0.25, 0.3) is 0 Å². The Balaban J connectivity index is 1.68. The van der Waals surface area contributed by atoms with Crippen molar-refractivity contribution in [3.63, 3.8) is 0 Å². The lowest BCUT2D eigenvalue weighted by atomic mass is 10.0. The summed E-state index contributed by atoms with van der Waals surface area (Å²) in [7, 11) is 0. The Morgan fingerprint density at radius 1 is 1.00 bits per heavy atom. The van der Waals surface area contributed by atoms with E-state index in [0.29, 0.717) is 11.1 Å². The van der Waals surface area contributed by atoms with E-state index in [1.807, 2.05) is 36.4 Å². The summed E-state index contributed by atoms with van der Waals surface area (Å²) in [5, 5.41) is 0. The zero-order valence-corrected chi connectivity index (χ0v) is 14.3. The van der Waals surface area contributed by atoms with E-state index in [1.54, 1.807) is 12.1 Å². The molecule has 0 aromatic heterocycles. The first kappa shape index (κ1) is 15.5. The lowest BCUT2D eigenvalue weighted by Gasteiger charge is -2.23. The van der Waals surface area contributed by atoms with Gasteiger partial charge in [-0.1, -0.05) is 0 Å². The second-order valence-electron chi connectivity index (χ2n) is 5.27. The summed E-state index contributed by atoms with van der Waals surface area (Å²) in [4.78, 5) is 12.4. The summed E-state index contributed by atoms with van der Waals surface area (Å²) >= 11 is 2.23. The summed E-state index contributed by atoms with van der Waals surface area (Å²) in [6.45, 7) is 0.758. The Morgan fingerprint density at radius 3 is 2.23 bits per heavy atom. The van der Waals surface area contributed by atoms with Crippen molar-refractivity contribution in [2.24, 2.45) is 0 Å². The number of hydrogen-bond donors (Lipinski definition) is 0. The van der Waals surface area contributed by atoms with Crippen molar-refractivity contribution in [3.05, 3.63) is 63.2 Å². The molecule has 3 nitrogen and oxygen atoms in total. The zero-order chi connectivity index (χ0) is 15.4. The van der Waals surface area contributed by atoms with Crippen molar-refractivity contribution in [1.82, 2.24) is 0 Å². The van der Waals surface area contributed by atoms with Crippen LogP contribution in [0.4, 0.5) is 0 Å². The van der Waals surface area contributed by atoms with Gasteiger partial charge < -0.3 is 9.47 Å². The molecule has 0 spiro atoms. The van der Waals surface area contributed by atoms with Crippen LogP contribution >= 0.6 is 22.6 Å². The number of ketones is 1. The molecule has 1 aliphatic heterocycles. The second-order valence-corrected chi connectivity index (χ2v) is 6.52. The topological polar surface area (TPSA) is 35.5 Å². The van der Waals surface area contributed by atoms with Crippen LogP contribution in [-0.2, 0) is 4.74 Å². The van der Waals surface area contributed by atoms with Gasteiger partial charge in [-0.05, 0) is 84.0 Å². The highest BCUT2D eigenvalue weighted by atomic mass is 127. The van der Waals surface area contributed by atoms with Crippen molar-refractivity contribution >= 4 is 28.4 Å². The van der Waals surface area contributed by atoms with Crippen LogP contribution < -0.4 is 4.74 Å². The third-order valence-corrected chi connectivity index (χ3v) is 4.35. The predicted molar refractivity (Wildman–Crippen MR) is 93.3 cm³/mol. The highest BCUT2D eigenvalue weighted by Gasteiger charge is 2.15. The van der Waals surface area contributed by atoms with Gasteiger partial charge in [-0.3, -0.25) is 4.79 Å². The van der Waals surface area contributed by atoms with Crippen LogP contribution in [0.3, 0.4) is 0 Å². The fourth-order valence-electron chi connectivity index (χ4n) is 2.41. The van der Waals surface area contributed by atoms with E-state index < -0.39 is 0 Å². The molecule has 114 valence electrons. The molecule has 0 aliphatic carbocycles. The molecule has 1 saturated heterocycles. The molecule has 2 aromatic rings. The van der Waals surface area contributed by atoms with E-state index in [-0.39, 0.29) is 12.1 Å². The van der Waals surface area contributed by atoms with Gasteiger partial charge in [0.25, 0.3) is 0 Å². The molecule has 1 aliphatic rings. The van der Waals surface area contributed by atoms with Crippen LogP contribution in [0.5, 0.6) is 5.75 Å². The Bertz CT molecular complexity index is 628. The normalized spacial score (nSPS) is 18.0. The van der Waals surface area contributed by atoms with Gasteiger partial charge in [0.05, 0.1) is 6.61 Å². The minimum Gasteiger partial charge on any atom is -0.465 e. The standard InChI is InChI=1S/C18H17IO3/c19-15-8-4-13(5-9-15)18(20)14-6-10-16(11-7-14)22-17-3-1-2-12-21-17/h4-11,17H,1-3,12H2. The zero-order valence-electron chi connectivity index (χ0n) is 12.1. The first-order valence-corrected chi connectivity index (χ1v) is 8.49. The molecule has 0 N–H and O–H groups in total. The van der Waals surface area contributed by atoms with Gasteiger partial charge >= 0.3 is 0 Å². The van der Waals surface area contributed by atoms with Crippen LogP contribution in [-0.4, -0.2) is 18.7 Å². The minimum absolute atomic E-state index is 0.0249. The van der Waals surface area contributed by atoms with Crippen molar-refractivity contribution in [3.8, 4) is 5.75 Å². The second kappa shape index (κ2) is 7.24. The molecule has 0 saturated carbocycles. The summed E-state index contributed by atoms with van der Waals surface area (Å²) in [5.74, 6) is 0.767. The van der Waals surface area contributed by atoms with Gasteiger partial charge in [-0.25, -0.2) is 0 Å². The van der Waals surface area contributed by atoms with Gasteiger partial charge in [0.15, 0.2) is 12.1 Å². The molecule has 3 rings (SSSR count). The van der Waals surface area contributed by atoms with Crippen molar-refractivity contribution in [2.75, 3.05) is 6.61 Å². The molecular weight excluding hydrogens is 391 g/mol. The molecule has 1 heterocycles. The average Bonchev–Trinajstić information content (AvgIpc) is 2.57. The van der Waals surface area contributed by atoms with Crippen LogP contribution in [0.2, 0.25) is 0 Å². The molecular formula is C18H17IO3. The van der Waals surface area contributed by atoms with E-state index in [9.17, 15) is 4.79 Å². The quantitative estimate of drug-likeness (QED) is 0.555. The summed E-state index contributed by atoms with van der Waals surface area (Å²) in [5.41, 5.74) is 1.36. The molecule has 1 fully saturated rings. The monoisotopic (exact) mass is 408 g/mol. The van der Waals surface area contributed by atoms with Crippen LogP contribution in [0.1, 0.15) is 35.2 Å². The predicted octanol–water partition coefficient (Wildman–Crippen LogP) is 4.43. The van der Waals surface area contributed by atoms with Crippen LogP contribution in [0.15, 0.2) is 48.5 Å². The number of ether oxygens (including phenoxy) is 2. The minimum atomic E-state index is -0.161. The average molecular weight is 408 g/mol. The molecule has 4 heteroatoms. The van der Waals surface area contributed by atoms with Gasteiger partial charge in [0, 0.05) is 21.1 Å². The first-order chi connectivity index (χ1) is 10.7. The number of halogens is 1. The summed E-state index contributed by atoms with van der Waals surface area (Å²) in [6, 6.07) is 14.8. The maximum Gasteiger partial charge on any atom is 0.199 e. The first-order valence-electron chi connectivity index (χ1n) is 7.41. The highest BCUT2D eigenvalue weighted by molar-refractivity contribution is 14.1. The number of carbonyl (C=O) groups excluding carboxylic acids is 1. The summed E-state index contributed by atoms with van der Waals surface area (Å²) in [6.07, 6.45) is 2.99. The van der Waals surface area contributed by atoms with Crippen molar-refractivity contribution in [1.29, 1.82) is 0 Å². The van der Waals surface area contributed by atoms with Crippen molar-refractivity contribution in [2.45, 2.75) is 25.6 Å². The number of hydrogen-bond acceptors (Lipinski definition) is 3. The molecule has 0 amide bonds. The Hall–Kier alpha value is -1.40.